The molecule has 1 N–H and O–H groups in total. The molecule has 1 aliphatic rings. The third-order valence-corrected chi connectivity index (χ3v) is 5.24. The molecule has 0 atom stereocenters. The second-order valence-electron chi connectivity index (χ2n) is 7.60. The van der Waals surface area contributed by atoms with Crippen LogP contribution in [0.15, 0.2) is 40.9 Å². The van der Waals surface area contributed by atoms with Crippen LogP contribution in [0.3, 0.4) is 0 Å². The molecule has 0 saturated carbocycles. The van der Waals surface area contributed by atoms with Crippen molar-refractivity contribution in [2.75, 3.05) is 23.9 Å². The summed E-state index contributed by atoms with van der Waals surface area (Å²) < 4.78 is 5.88. The minimum atomic E-state index is -0.452. The molecule has 1 aliphatic heterocycles. The van der Waals surface area contributed by atoms with Gasteiger partial charge in [0.05, 0.1) is 12.7 Å². The Labute approximate surface area is 167 Å². The van der Waals surface area contributed by atoms with Crippen molar-refractivity contribution in [2.24, 2.45) is 5.41 Å². The molecule has 2 aromatic rings. The normalized spacial score (nSPS) is 13.3. The third kappa shape index (κ3) is 4.00. The molecule has 0 bridgehead atoms. The monoisotopic (exact) mass is 430 g/mol. The lowest BCUT2D eigenvalue weighted by atomic mass is 9.94. The molecule has 0 radical (unpaired) electrons. The Hall–Kier alpha value is -2.34. The van der Waals surface area contributed by atoms with Crippen molar-refractivity contribution >= 4 is 39.1 Å². The van der Waals surface area contributed by atoms with Gasteiger partial charge in [0.1, 0.15) is 5.75 Å². The number of carbonyl (C=O) groups is 2. The summed E-state index contributed by atoms with van der Waals surface area (Å²) in [5.74, 6) is 0.451. The first-order valence-corrected chi connectivity index (χ1v) is 9.60. The van der Waals surface area contributed by atoms with Crippen molar-refractivity contribution in [1.29, 1.82) is 0 Å². The lowest BCUT2D eigenvalue weighted by Crippen LogP contribution is -2.38. The van der Waals surface area contributed by atoms with Gasteiger partial charge in [0.2, 0.25) is 5.91 Å². The fraction of sp³-hybridized carbons (Fsp3) is 0.333. The number of rotatable bonds is 3. The first-order chi connectivity index (χ1) is 12.7. The number of nitrogens with zero attached hydrogens (tertiary/aromatic N) is 1. The molecule has 6 heteroatoms. The van der Waals surface area contributed by atoms with Gasteiger partial charge in [-0.15, -0.1) is 0 Å². The van der Waals surface area contributed by atoms with Gasteiger partial charge in [-0.25, -0.2) is 0 Å². The topological polar surface area (TPSA) is 58.6 Å². The van der Waals surface area contributed by atoms with Crippen LogP contribution in [-0.2, 0) is 11.2 Å². The Kier molecular flexibility index (Phi) is 5.29. The highest BCUT2D eigenvalue weighted by Gasteiger charge is 2.32. The highest BCUT2D eigenvalue weighted by atomic mass is 79.9. The number of hydrogen-bond acceptors (Lipinski definition) is 3. The molecule has 27 heavy (non-hydrogen) atoms. The molecular formula is C21H23BrN2O3. The Morgan fingerprint density at radius 2 is 1.89 bits per heavy atom. The van der Waals surface area contributed by atoms with Crippen LogP contribution in [0.4, 0.5) is 11.4 Å². The molecule has 0 saturated heterocycles. The highest BCUT2D eigenvalue weighted by molar-refractivity contribution is 9.10. The second-order valence-corrected chi connectivity index (χ2v) is 8.45. The van der Waals surface area contributed by atoms with Crippen LogP contribution >= 0.6 is 15.9 Å². The number of benzene rings is 2. The van der Waals surface area contributed by atoms with Crippen LogP contribution in [0.1, 0.15) is 36.7 Å². The molecule has 5 nitrogen and oxygen atoms in total. The van der Waals surface area contributed by atoms with Crippen LogP contribution in [0.2, 0.25) is 0 Å². The first kappa shape index (κ1) is 19.4. The number of hydrogen-bond donors (Lipinski definition) is 1. The largest absolute Gasteiger partial charge is 0.497 e. The van der Waals surface area contributed by atoms with Gasteiger partial charge < -0.3 is 15.0 Å². The first-order valence-electron chi connectivity index (χ1n) is 8.80. The van der Waals surface area contributed by atoms with Crippen LogP contribution < -0.4 is 15.0 Å². The van der Waals surface area contributed by atoms with Crippen molar-refractivity contribution < 1.29 is 14.3 Å². The molecule has 1 heterocycles. The van der Waals surface area contributed by atoms with E-state index in [1.807, 2.05) is 43.9 Å². The highest BCUT2D eigenvalue weighted by Crippen LogP contribution is 2.34. The molecule has 2 amide bonds. The number of fused-ring (bicyclic) bond motifs is 1. The fourth-order valence-corrected chi connectivity index (χ4v) is 3.50. The number of carbonyl (C=O) groups excluding carboxylic acids is 2. The number of amides is 2. The van der Waals surface area contributed by atoms with Crippen molar-refractivity contribution in [3.05, 3.63) is 52.0 Å². The molecule has 0 unspecified atom stereocenters. The maximum Gasteiger partial charge on any atom is 0.256 e. The summed E-state index contributed by atoms with van der Waals surface area (Å²) in [6.07, 6.45) is 0.826. The Bertz CT molecular complexity index is 903. The van der Waals surface area contributed by atoms with E-state index in [0.717, 1.165) is 17.7 Å². The standard InChI is InChI=1S/C21H23BrN2O3/c1-21(2,3)20(26)24-10-9-13-5-6-14(11-18(13)24)23-19(25)16-12-15(27-4)7-8-17(16)22/h5-8,11-12H,9-10H2,1-4H3,(H,23,25). The van der Waals surface area contributed by atoms with E-state index in [0.29, 0.717) is 28.0 Å². The van der Waals surface area contributed by atoms with Gasteiger partial charge in [-0.3, -0.25) is 9.59 Å². The van der Waals surface area contributed by atoms with Crippen LogP contribution in [-0.4, -0.2) is 25.5 Å². The van der Waals surface area contributed by atoms with Gasteiger partial charge in [0, 0.05) is 27.8 Å². The maximum atomic E-state index is 12.7. The van der Waals surface area contributed by atoms with E-state index >= 15 is 0 Å². The molecule has 0 aromatic heterocycles. The molecule has 0 aliphatic carbocycles. The summed E-state index contributed by atoms with van der Waals surface area (Å²) in [5.41, 5.74) is 2.68. The van der Waals surface area contributed by atoms with Crippen molar-refractivity contribution in [3.8, 4) is 5.75 Å². The predicted molar refractivity (Wildman–Crippen MR) is 111 cm³/mol. The van der Waals surface area contributed by atoms with Crippen LogP contribution in [0.5, 0.6) is 5.75 Å². The van der Waals surface area contributed by atoms with Crippen molar-refractivity contribution in [1.82, 2.24) is 0 Å². The fourth-order valence-electron chi connectivity index (χ4n) is 3.08. The zero-order valence-electron chi connectivity index (χ0n) is 15.9. The molecule has 0 spiro atoms. The summed E-state index contributed by atoms with van der Waals surface area (Å²) in [6, 6.07) is 11.0. The molecule has 0 fully saturated rings. The van der Waals surface area contributed by atoms with Crippen LogP contribution in [0.25, 0.3) is 0 Å². The lowest BCUT2D eigenvalue weighted by Gasteiger charge is -2.26. The van der Waals surface area contributed by atoms with Gasteiger partial charge in [-0.1, -0.05) is 26.8 Å². The number of anilines is 2. The summed E-state index contributed by atoms with van der Waals surface area (Å²) >= 11 is 3.40. The summed E-state index contributed by atoms with van der Waals surface area (Å²) in [4.78, 5) is 27.2. The zero-order chi connectivity index (χ0) is 19.8. The second kappa shape index (κ2) is 7.35. The Morgan fingerprint density at radius 1 is 1.15 bits per heavy atom. The van der Waals surface area contributed by atoms with E-state index in [4.69, 9.17) is 4.74 Å². The Morgan fingerprint density at radius 3 is 2.56 bits per heavy atom. The van der Waals surface area contributed by atoms with Gasteiger partial charge in [0.15, 0.2) is 0 Å². The van der Waals surface area contributed by atoms with E-state index in [-0.39, 0.29) is 11.8 Å². The number of methoxy groups -OCH3 is 1. The average molecular weight is 431 g/mol. The SMILES string of the molecule is COc1ccc(Br)c(C(=O)Nc2ccc3c(c2)N(C(=O)C(C)(C)C)CC3)c1. The van der Waals surface area contributed by atoms with Crippen molar-refractivity contribution in [2.45, 2.75) is 27.2 Å². The average Bonchev–Trinajstić information content (AvgIpc) is 3.03. The lowest BCUT2D eigenvalue weighted by molar-refractivity contribution is -0.125. The zero-order valence-corrected chi connectivity index (χ0v) is 17.5. The van der Waals surface area contributed by atoms with E-state index < -0.39 is 5.41 Å². The predicted octanol–water partition coefficient (Wildman–Crippen LogP) is 4.65. The quantitative estimate of drug-likeness (QED) is 0.770. The number of nitrogens with one attached hydrogen (secondary N) is 1. The third-order valence-electron chi connectivity index (χ3n) is 4.54. The molecule has 142 valence electrons. The molecule has 2 aromatic carbocycles. The van der Waals surface area contributed by atoms with Crippen LogP contribution in [0, 0.1) is 5.41 Å². The van der Waals surface area contributed by atoms with Gasteiger partial charge in [-0.05, 0) is 58.2 Å². The molecule has 3 rings (SSSR count). The maximum absolute atomic E-state index is 12.7. The minimum absolute atomic E-state index is 0.0836. The van der Waals surface area contributed by atoms with Gasteiger partial charge >= 0.3 is 0 Å². The smallest absolute Gasteiger partial charge is 0.256 e. The minimum Gasteiger partial charge on any atom is -0.497 e. The number of halogens is 1. The van der Waals surface area contributed by atoms with E-state index in [2.05, 4.69) is 21.2 Å². The van der Waals surface area contributed by atoms with E-state index in [1.165, 1.54) is 0 Å². The summed E-state index contributed by atoms with van der Waals surface area (Å²) in [6.45, 7) is 6.42. The summed E-state index contributed by atoms with van der Waals surface area (Å²) in [5, 5.41) is 2.92. The molecular weight excluding hydrogens is 408 g/mol. The van der Waals surface area contributed by atoms with E-state index in [1.54, 1.807) is 25.3 Å². The van der Waals surface area contributed by atoms with Gasteiger partial charge in [0.25, 0.3) is 5.91 Å². The van der Waals surface area contributed by atoms with Crippen molar-refractivity contribution in [3.63, 3.8) is 0 Å². The Balaban J connectivity index is 1.86. The number of ether oxygens (including phenoxy) is 1. The summed E-state index contributed by atoms with van der Waals surface area (Å²) in [7, 11) is 1.56. The van der Waals surface area contributed by atoms with Gasteiger partial charge in [-0.2, -0.15) is 0 Å². The van der Waals surface area contributed by atoms with E-state index in [9.17, 15) is 9.59 Å².